The number of rotatable bonds is 2. The Morgan fingerprint density at radius 3 is 2.59 bits per heavy atom. The first-order valence-electron chi connectivity index (χ1n) is 4.78. The fraction of sp³-hybridized carbons (Fsp3) is 0. The van der Waals surface area contributed by atoms with Gasteiger partial charge < -0.3 is 4.74 Å². The van der Waals surface area contributed by atoms with E-state index in [0.29, 0.717) is 5.75 Å². The number of ether oxygens (including phenoxy) is 1. The van der Waals surface area contributed by atoms with Gasteiger partial charge in [0.15, 0.2) is 0 Å². The number of thiol groups is 1. The normalized spacial score (nSPS) is 10.0. The summed E-state index contributed by atoms with van der Waals surface area (Å²) >= 11 is 9.92. The molecule has 0 aliphatic heterocycles. The maximum Gasteiger partial charge on any atom is 0.346 e. The fourth-order valence-corrected chi connectivity index (χ4v) is 1.56. The molecule has 0 fully saturated rings. The highest BCUT2D eigenvalue weighted by Crippen LogP contribution is 2.18. The highest BCUT2D eigenvalue weighted by Gasteiger charge is 2.12. The lowest BCUT2D eigenvalue weighted by Gasteiger charge is -2.05. The average molecular weight is 266 g/mol. The standard InChI is InChI=1S/C12H8ClNO2S/c13-11-10(2-1-7-14-11)12(15)16-8-3-5-9(17)6-4-8/h1-7,17H. The van der Waals surface area contributed by atoms with E-state index in [1.54, 1.807) is 36.4 Å². The van der Waals surface area contributed by atoms with E-state index in [9.17, 15) is 4.79 Å². The first-order valence-corrected chi connectivity index (χ1v) is 5.61. The summed E-state index contributed by atoms with van der Waals surface area (Å²) in [7, 11) is 0. The summed E-state index contributed by atoms with van der Waals surface area (Å²) in [4.78, 5) is 16.4. The molecule has 0 radical (unpaired) electrons. The van der Waals surface area contributed by atoms with E-state index in [0.717, 1.165) is 4.90 Å². The molecule has 1 heterocycles. The zero-order chi connectivity index (χ0) is 12.3. The van der Waals surface area contributed by atoms with Crippen molar-refractivity contribution >= 4 is 30.2 Å². The summed E-state index contributed by atoms with van der Waals surface area (Å²) in [5.74, 6) is -0.0947. The third-order valence-corrected chi connectivity index (χ3v) is 2.63. The molecule has 3 nitrogen and oxygen atoms in total. The Morgan fingerprint density at radius 2 is 1.94 bits per heavy atom. The molecule has 0 saturated carbocycles. The van der Waals surface area contributed by atoms with Crippen molar-refractivity contribution < 1.29 is 9.53 Å². The Hall–Kier alpha value is -1.52. The van der Waals surface area contributed by atoms with E-state index in [4.69, 9.17) is 16.3 Å². The SMILES string of the molecule is O=C(Oc1ccc(S)cc1)c1cccnc1Cl. The van der Waals surface area contributed by atoms with Crippen LogP contribution in [0.3, 0.4) is 0 Å². The highest BCUT2D eigenvalue weighted by molar-refractivity contribution is 7.80. The second-order valence-corrected chi connectivity index (χ2v) is 4.10. The van der Waals surface area contributed by atoms with Crippen LogP contribution < -0.4 is 4.74 Å². The van der Waals surface area contributed by atoms with Crippen LogP contribution in [0.1, 0.15) is 10.4 Å². The van der Waals surface area contributed by atoms with Crippen molar-refractivity contribution in [2.24, 2.45) is 0 Å². The van der Waals surface area contributed by atoms with Gasteiger partial charge in [-0.15, -0.1) is 12.6 Å². The van der Waals surface area contributed by atoms with Gasteiger partial charge in [-0.3, -0.25) is 0 Å². The molecule has 0 spiro atoms. The first kappa shape index (κ1) is 12.0. The molecule has 0 bridgehead atoms. The predicted molar refractivity (Wildman–Crippen MR) is 67.9 cm³/mol. The molecule has 5 heteroatoms. The van der Waals surface area contributed by atoms with E-state index in [1.807, 2.05) is 0 Å². The van der Waals surface area contributed by atoms with E-state index < -0.39 is 5.97 Å². The number of carbonyl (C=O) groups excluding carboxylic acids is 1. The van der Waals surface area contributed by atoms with Crippen LogP contribution in [0.2, 0.25) is 5.15 Å². The first-order chi connectivity index (χ1) is 8.16. The zero-order valence-electron chi connectivity index (χ0n) is 8.63. The van der Waals surface area contributed by atoms with Crippen LogP contribution in [0.25, 0.3) is 0 Å². The second-order valence-electron chi connectivity index (χ2n) is 3.23. The predicted octanol–water partition coefficient (Wildman–Crippen LogP) is 3.24. The van der Waals surface area contributed by atoms with Crippen molar-refractivity contribution in [2.75, 3.05) is 0 Å². The van der Waals surface area contributed by atoms with Gasteiger partial charge in [-0.25, -0.2) is 9.78 Å². The molecule has 0 N–H and O–H groups in total. The molecule has 0 amide bonds. The van der Waals surface area contributed by atoms with Crippen molar-refractivity contribution in [3.8, 4) is 5.75 Å². The van der Waals surface area contributed by atoms with Crippen LogP contribution in [0.4, 0.5) is 0 Å². The summed E-state index contributed by atoms with van der Waals surface area (Å²) in [6.07, 6.45) is 1.51. The van der Waals surface area contributed by atoms with E-state index in [1.165, 1.54) is 6.20 Å². The Balaban J connectivity index is 2.17. The van der Waals surface area contributed by atoms with Crippen LogP contribution in [0, 0.1) is 0 Å². The summed E-state index contributed by atoms with van der Waals surface area (Å²) in [5.41, 5.74) is 0.240. The number of aromatic nitrogens is 1. The van der Waals surface area contributed by atoms with Crippen LogP contribution >= 0.6 is 24.2 Å². The lowest BCUT2D eigenvalue weighted by molar-refractivity contribution is 0.0734. The number of esters is 1. The number of carbonyl (C=O) groups is 1. The number of pyridine rings is 1. The van der Waals surface area contributed by atoms with Gasteiger partial charge in [-0.1, -0.05) is 11.6 Å². The molecule has 1 aromatic carbocycles. The quantitative estimate of drug-likeness (QED) is 0.392. The smallest absolute Gasteiger partial charge is 0.346 e. The Bertz CT molecular complexity index is 542. The number of hydrogen-bond acceptors (Lipinski definition) is 4. The van der Waals surface area contributed by atoms with Gasteiger partial charge >= 0.3 is 5.97 Å². The third kappa shape index (κ3) is 2.99. The summed E-state index contributed by atoms with van der Waals surface area (Å²) in [6.45, 7) is 0. The Labute approximate surface area is 109 Å². The molecular formula is C12H8ClNO2S. The Morgan fingerprint density at radius 1 is 1.24 bits per heavy atom. The van der Waals surface area contributed by atoms with E-state index in [-0.39, 0.29) is 10.7 Å². The Kier molecular flexibility index (Phi) is 3.66. The summed E-state index contributed by atoms with van der Waals surface area (Å²) < 4.78 is 5.14. The van der Waals surface area contributed by atoms with Gasteiger partial charge in [0.1, 0.15) is 10.9 Å². The average Bonchev–Trinajstić information content (AvgIpc) is 2.32. The van der Waals surface area contributed by atoms with Crippen molar-refractivity contribution in [3.63, 3.8) is 0 Å². The molecule has 0 atom stereocenters. The van der Waals surface area contributed by atoms with E-state index in [2.05, 4.69) is 17.6 Å². The lowest BCUT2D eigenvalue weighted by atomic mass is 10.3. The minimum absolute atomic E-state index is 0.128. The summed E-state index contributed by atoms with van der Waals surface area (Å²) in [6, 6.07) is 9.96. The molecule has 17 heavy (non-hydrogen) atoms. The lowest BCUT2D eigenvalue weighted by Crippen LogP contribution is -2.09. The van der Waals surface area contributed by atoms with Crippen molar-refractivity contribution in [1.82, 2.24) is 4.98 Å². The topological polar surface area (TPSA) is 39.2 Å². The molecule has 0 aliphatic rings. The van der Waals surface area contributed by atoms with Crippen LogP contribution in [-0.4, -0.2) is 11.0 Å². The minimum atomic E-state index is -0.532. The third-order valence-electron chi connectivity index (χ3n) is 2.03. The van der Waals surface area contributed by atoms with Gasteiger partial charge in [0.25, 0.3) is 0 Å². The van der Waals surface area contributed by atoms with Gasteiger partial charge in [0.05, 0.1) is 5.56 Å². The summed E-state index contributed by atoms with van der Waals surface area (Å²) in [5, 5.41) is 0.128. The molecule has 2 rings (SSSR count). The monoisotopic (exact) mass is 265 g/mol. The molecule has 0 unspecified atom stereocenters. The highest BCUT2D eigenvalue weighted by atomic mass is 35.5. The van der Waals surface area contributed by atoms with Crippen molar-refractivity contribution in [3.05, 3.63) is 53.3 Å². The van der Waals surface area contributed by atoms with Crippen LogP contribution in [-0.2, 0) is 0 Å². The molecule has 2 aromatic rings. The maximum absolute atomic E-state index is 11.8. The van der Waals surface area contributed by atoms with Crippen LogP contribution in [0.15, 0.2) is 47.5 Å². The van der Waals surface area contributed by atoms with Gasteiger partial charge in [-0.2, -0.15) is 0 Å². The largest absolute Gasteiger partial charge is 0.423 e. The fourth-order valence-electron chi connectivity index (χ4n) is 1.21. The van der Waals surface area contributed by atoms with Gasteiger partial charge in [0.2, 0.25) is 0 Å². The number of benzene rings is 1. The van der Waals surface area contributed by atoms with Crippen LogP contribution in [0.5, 0.6) is 5.75 Å². The minimum Gasteiger partial charge on any atom is -0.423 e. The number of halogens is 1. The second kappa shape index (κ2) is 5.21. The number of hydrogen-bond donors (Lipinski definition) is 1. The zero-order valence-corrected chi connectivity index (χ0v) is 10.3. The van der Waals surface area contributed by atoms with Gasteiger partial charge in [-0.05, 0) is 36.4 Å². The van der Waals surface area contributed by atoms with Gasteiger partial charge in [0, 0.05) is 11.1 Å². The maximum atomic E-state index is 11.8. The molecule has 0 aliphatic carbocycles. The molecule has 1 aromatic heterocycles. The molecule has 86 valence electrons. The van der Waals surface area contributed by atoms with Crippen molar-refractivity contribution in [1.29, 1.82) is 0 Å². The number of nitrogens with zero attached hydrogens (tertiary/aromatic N) is 1. The molecule has 0 saturated heterocycles. The molecular weight excluding hydrogens is 258 g/mol. The van der Waals surface area contributed by atoms with Crippen molar-refractivity contribution in [2.45, 2.75) is 4.90 Å². The van der Waals surface area contributed by atoms with E-state index >= 15 is 0 Å².